The highest BCUT2D eigenvalue weighted by Gasteiger charge is 2.17. The predicted molar refractivity (Wildman–Crippen MR) is 104 cm³/mol. The molecule has 2 heterocycles. The maximum absolute atomic E-state index is 12.3. The van der Waals surface area contributed by atoms with Gasteiger partial charge in [-0.25, -0.2) is 4.79 Å². The zero-order valence-corrected chi connectivity index (χ0v) is 15.8. The lowest BCUT2D eigenvalue weighted by Crippen LogP contribution is -2.36. The highest BCUT2D eigenvalue weighted by Crippen LogP contribution is 2.33. The van der Waals surface area contributed by atoms with Crippen LogP contribution in [0.4, 0.5) is 4.79 Å². The first-order valence-electron chi connectivity index (χ1n) is 9.22. The number of hydrogen-bond acceptors (Lipinski definition) is 5. The van der Waals surface area contributed by atoms with Gasteiger partial charge in [-0.05, 0) is 43.7 Å². The second kappa shape index (κ2) is 7.72. The third-order valence-corrected chi connectivity index (χ3v) is 4.49. The lowest BCUT2D eigenvalue weighted by atomic mass is 10.2. The average molecular weight is 382 g/mol. The van der Waals surface area contributed by atoms with Crippen molar-refractivity contribution in [3.8, 4) is 17.2 Å². The zero-order chi connectivity index (χ0) is 19.5. The number of urea groups is 1. The van der Waals surface area contributed by atoms with Gasteiger partial charge in [-0.3, -0.25) is 0 Å². The minimum atomic E-state index is -0.293. The predicted octanol–water partition coefficient (Wildman–Crippen LogP) is 4.12. The number of carbonyl (C=O) groups is 1. The molecule has 0 saturated carbocycles. The van der Waals surface area contributed by atoms with Gasteiger partial charge in [0.2, 0.25) is 6.79 Å². The Morgan fingerprint density at radius 2 is 2.04 bits per heavy atom. The number of furan rings is 1. The van der Waals surface area contributed by atoms with Gasteiger partial charge in [0.05, 0.1) is 12.6 Å². The Bertz CT molecular complexity index is 998. The Labute approximate surface area is 162 Å². The van der Waals surface area contributed by atoms with Crippen molar-refractivity contribution in [3.05, 3.63) is 53.8 Å². The summed E-state index contributed by atoms with van der Waals surface area (Å²) < 4.78 is 22.2. The maximum Gasteiger partial charge on any atom is 0.315 e. The molecule has 1 aliphatic rings. The summed E-state index contributed by atoms with van der Waals surface area (Å²) in [5.41, 5.74) is 1.62. The summed E-state index contributed by atoms with van der Waals surface area (Å²) in [7, 11) is 0. The third-order valence-electron chi connectivity index (χ3n) is 4.49. The molecule has 0 spiro atoms. The molecule has 7 heteroatoms. The van der Waals surface area contributed by atoms with E-state index in [1.54, 1.807) is 0 Å². The van der Waals surface area contributed by atoms with E-state index in [2.05, 4.69) is 10.6 Å². The van der Waals surface area contributed by atoms with Gasteiger partial charge in [0.1, 0.15) is 5.76 Å². The molecule has 2 N–H and O–H groups in total. The van der Waals surface area contributed by atoms with E-state index in [1.165, 1.54) is 0 Å². The molecule has 2 aromatic carbocycles. The number of fused-ring (bicyclic) bond motifs is 2. The first kappa shape index (κ1) is 18.0. The van der Waals surface area contributed by atoms with Crippen LogP contribution in [-0.2, 0) is 6.54 Å². The molecule has 0 fully saturated rings. The van der Waals surface area contributed by atoms with Crippen molar-refractivity contribution >= 4 is 17.0 Å². The standard InChI is InChI=1S/C21H22N2O5/c1-3-25-17-6-4-5-15-10-18(28-20(15)17)13(2)23-21(24)22-11-14-7-8-16-19(9-14)27-12-26-16/h4-10,13H,3,11-12H2,1-2H3,(H2,22,23,24). The molecule has 4 rings (SSSR count). The first-order valence-corrected chi connectivity index (χ1v) is 9.22. The summed E-state index contributed by atoms with van der Waals surface area (Å²) in [5.74, 6) is 2.78. The molecule has 28 heavy (non-hydrogen) atoms. The zero-order valence-electron chi connectivity index (χ0n) is 15.8. The molecule has 2 amide bonds. The Hall–Kier alpha value is -3.35. The van der Waals surface area contributed by atoms with E-state index in [4.69, 9.17) is 18.6 Å². The molecule has 0 aliphatic carbocycles. The summed E-state index contributed by atoms with van der Waals surface area (Å²) in [4.78, 5) is 12.3. The summed E-state index contributed by atoms with van der Waals surface area (Å²) in [5, 5.41) is 6.67. The second-order valence-electron chi connectivity index (χ2n) is 6.49. The second-order valence-corrected chi connectivity index (χ2v) is 6.49. The normalized spacial score (nSPS) is 13.4. The molecule has 1 aromatic heterocycles. The Balaban J connectivity index is 1.38. The molecule has 146 valence electrons. The summed E-state index contributed by atoms with van der Waals surface area (Å²) in [6.45, 7) is 4.97. The Kier molecular flexibility index (Phi) is 4.97. The van der Waals surface area contributed by atoms with Crippen LogP contribution in [0, 0.1) is 0 Å². The topological polar surface area (TPSA) is 82.0 Å². The molecular weight excluding hydrogens is 360 g/mol. The summed E-state index contributed by atoms with van der Waals surface area (Å²) in [6.07, 6.45) is 0. The number of carbonyl (C=O) groups excluding carboxylic acids is 1. The number of hydrogen-bond donors (Lipinski definition) is 2. The smallest absolute Gasteiger partial charge is 0.315 e. The fourth-order valence-corrected chi connectivity index (χ4v) is 3.09. The fourth-order valence-electron chi connectivity index (χ4n) is 3.09. The van der Waals surface area contributed by atoms with Crippen LogP contribution >= 0.6 is 0 Å². The van der Waals surface area contributed by atoms with Crippen molar-refractivity contribution in [2.45, 2.75) is 26.4 Å². The van der Waals surface area contributed by atoms with E-state index >= 15 is 0 Å². The van der Waals surface area contributed by atoms with Crippen LogP contribution in [0.2, 0.25) is 0 Å². The fraction of sp³-hybridized carbons (Fsp3) is 0.286. The van der Waals surface area contributed by atoms with Gasteiger partial charge in [-0.15, -0.1) is 0 Å². The summed E-state index contributed by atoms with van der Waals surface area (Å²) >= 11 is 0. The lowest BCUT2D eigenvalue weighted by molar-refractivity contribution is 0.174. The van der Waals surface area contributed by atoms with E-state index < -0.39 is 0 Å². The van der Waals surface area contributed by atoms with Crippen LogP contribution in [-0.4, -0.2) is 19.4 Å². The monoisotopic (exact) mass is 382 g/mol. The largest absolute Gasteiger partial charge is 0.490 e. The van der Waals surface area contributed by atoms with Crippen LogP contribution < -0.4 is 24.8 Å². The number of para-hydroxylation sites is 1. The van der Waals surface area contributed by atoms with Gasteiger partial charge in [0.15, 0.2) is 22.8 Å². The molecule has 0 radical (unpaired) electrons. The minimum Gasteiger partial charge on any atom is -0.490 e. The van der Waals surface area contributed by atoms with Crippen LogP contribution in [0.3, 0.4) is 0 Å². The highest BCUT2D eigenvalue weighted by molar-refractivity contribution is 5.84. The van der Waals surface area contributed by atoms with Crippen molar-refractivity contribution in [2.24, 2.45) is 0 Å². The van der Waals surface area contributed by atoms with Gasteiger partial charge in [-0.1, -0.05) is 18.2 Å². The van der Waals surface area contributed by atoms with Gasteiger partial charge in [-0.2, -0.15) is 0 Å². The number of rotatable bonds is 6. The number of amides is 2. The van der Waals surface area contributed by atoms with Crippen LogP contribution in [0.5, 0.6) is 17.2 Å². The van der Waals surface area contributed by atoms with Crippen molar-refractivity contribution in [1.82, 2.24) is 10.6 Å². The SMILES string of the molecule is CCOc1cccc2cc(C(C)NC(=O)NCc3ccc4c(c3)OCO4)oc12. The molecule has 7 nitrogen and oxygen atoms in total. The van der Waals surface area contributed by atoms with Crippen LogP contribution in [0.1, 0.15) is 31.2 Å². The van der Waals surface area contributed by atoms with E-state index in [1.807, 2.05) is 56.3 Å². The van der Waals surface area contributed by atoms with E-state index in [0.717, 1.165) is 16.7 Å². The quantitative estimate of drug-likeness (QED) is 0.670. The Morgan fingerprint density at radius 1 is 1.18 bits per heavy atom. The number of nitrogens with one attached hydrogen (secondary N) is 2. The molecule has 0 saturated heterocycles. The third kappa shape index (κ3) is 3.69. The Morgan fingerprint density at radius 3 is 2.89 bits per heavy atom. The average Bonchev–Trinajstić information content (AvgIpc) is 3.33. The van der Waals surface area contributed by atoms with Crippen molar-refractivity contribution in [2.75, 3.05) is 13.4 Å². The van der Waals surface area contributed by atoms with E-state index in [9.17, 15) is 4.79 Å². The van der Waals surface area contributed by atoms with Crippen LogP contribution in [0.15, 0.2) is 46.9 Å². The lowest BCUT2D eigenvalue weighted by Gasteiger charge is -2.13. The molecule has 1 atom stereocenters. The van der Waals surface area contributed by atoms with Gasteiger partial charge in [0, 0.05) is 11.9 Å². The number of benzene rings is 2. The van der Waals surface area contributed by atoms with Gasteiger partial charge in [0.25, 0.3) is 0 Å². The number of ether oxygens (including phenoxy) is 3. The van der Waals surface area contributed by atoms with E-state index in [0.29, 0.717) is 36.0 Å². The van der Waals surface area contributed by atoms with Crippen LogP contribution in [0.25, 0.3) is 11.0 Å². The minimum absolute atomic E-state index is 0.229. The van der Waals surface area contributed by atoms with Gasteiger partial charge >= 0.3 is 6.03 Å². The molecule has 3 aromatic rings. The summed E-state index contributed by atoms with van der Waals surface area (Å²) in [6, 6.07) is 12.7. The highest BCUT2D eigenvalue weighted by atomic mass is 16.7. The van der Waals surface area contributed by atoms with Crippen molar-refractivity contribution < 1.29 is 23.4 Å². The first-order chi connectivity index (χ1) is 13.6. The van der Waals surface area contributed by atoms with Crippen molar-refractivity contribution in [3.63, 3.8) is 0 Å². The van der Waals surface area contributed by atoms with E-state index in [-0.39, 0.29) is 18.9 Å². The molecule has 1 aliphatic heterocycles. The molecule has 1 unspecified atom stereocenters. The maximum atomic E-state index is 12.3. The van der Waals surface area contributed by atoms with Gasteiger partial charge < -0.3 is 29.3 Å². The molecular formula is C21H22N2O5. The van der Waals surface area contributed by atoms with Crippen molar-refractivity contribution in [1.29, 1.82) is 0 Å². The molecule has 0 bridgehead atoms.